The van der Waals surface area contributed by atoms with E-state index in [9.17, 15) is 4.79 Å². The lowest BCUT2D eigenvalue weighted by Crippen LogP contribution is -3.14. The Morgan fingerprint density at radius 2 is 2.04 bits per heavy atom. The zero-order valence-corrected chi connectivity index (χ0v) is 17.9. The van der Waals surface area contributed by atoms with E-state index in [0.29, 0.717) is 11.7 Å². The number of rotatable bonds is 6. The first-order valence-electron chi connectivity index (χ1n) is 9.99. The van der Waals surface area contributed by atoms with E-state index in [4.69, 9.17) is 17.0 Å². The second-order valence-electron chi connectivity index (χ2n) is 7.61. The standard InChI is InChI=1S/C21H30N4O2S/c1-15-11-16(2)18-13-17(20(26)23-19(18)12-15)14-25(21(28)22-3)6-4-5-24-7-9-27-10-8-24/h11-13H,4-10,14H2,1-3H3,(H,22,28)(H,23,26)/p+1. The van der Waals surface area contributed by atoms with Crippen LogP contribution in [-0.2, 0) is 11.3 Å². The number of H-pyrrole nitrogens is 1. The minimum absolute atomic E-state index is 0.0415. The molecule has 1 aromatic carbocycles. The Labute approximate surface area is 171 Å². The molecule has 6 nitrogen and oxygen atoms in total. The molecule has 28 heavy (non-hydrogen) atoms. The van der Waals surface area contributed by atoms with E-state index in [-0.39, 0.29) is 5.56 Å². The molecule has 0 amide bonds. The number of aryl methyl sites for hydroxylation is 2. The van der Waals surface area contributed by atoms with Crippen molar-refractivity contribution in [3.8, 4) is 0 Å². The summed E-state index contributed by atoms with van der Waals surface area (Å²) < 4.78 is 5.43. The molecule has 1 aliphatic rings. The van der Waals surface area contributed by atoms with Gasteiger partial charge in [-0.15, -0.1) is 0 Å². The van der Waals surface area contributed by atoms with E-state index in [0.717, 1.165) is 67.8 Å². The van der Waals surface area contributed by atoms with Gasteiger partial charge in [-0.25, -0.2) is 0 Å². The number of aromatic nitrogens is 1. The molecule has 2 heterocycles. The first kappa shape index (κ1) is 20.8. The van der Waals surface area contributed by atoms with Gasteiger partial charge in [0.05, 0.1) is 26.3 Å². The van der Waals surface area contributed by atoms with Crippen LogP contribution in [0.15, 0.2) is 23.0 Å². The molecule has 7 heteroatoms. The third-order valence-electron chi connectivity index (χ3n) is 5.41. The third-order valence-corrected chi connectivity index (χ3v) is 5.87. The number of pyridine rings is 1. The summed E-state index contributed by atoms with van der Waals surface area (Å²) in [6.07, 6.45) is 1.03. The maximum absolute atomic E-state index is 12.7. The highest BCUT2D eigenvalue weighted by Gasteiger charge is 2.16. The number of ether oxygens (including phenoxy) is 1. The molecule has 0 spiro atoms. The molecule has 152 valence electrons. The summed E-state index contributed by atoms with van der Waals surface area (Å²) in [7, 11) is 1.83. The summed E-state index contributed by atoms with van der Waals surface area (Å²) in [5.41, 5.74) is 3.92. The van der Waals surface area contributed by atoms with Gasteiger partial charge in [0.2, 0.25) is 0 Å². The Kier molecular flexibility index (Phi) is 7.04. The molecule has 0 radical (unpaired) electrons. The van der Waals surface area contributed by atoms with Gasteiger partial charge >= 0.3 is 0 Å². The van der Waals surface area contributed by atoms with E-state index in [1.54, 1.807) is 4.90 Å². The van der Waals surface area contributed by atoms with Crippen molar-refractivity contribution in [2.24, 2.45) is 0 Å². The summed E-state index contributed by atoms with van der Waals surface area (Å²) in [6, 6.07) is 6.18. The lowest BCUT2D eigenvalue weighted by Gasteiger charge is -2.27. The highest BCUT2D eigenvalue weighted by molar-refractivity contribution is 7.80. The number of fused-ring (bicyclic) bond motifs is 1. The summed E-state index contributed by atoms with van der Waals surface area (Å²) in [5.74, 6) is 0. The van der Waals surface area contributed by atoms with Gasteiger partial charge in [-0.3, -0.25) is 4.79 Å². The van der Waals surface area contributed by atoms with E-state index >= 15 is 0 Å². The number of benzene rings is 1. The van der Waals surface area contributed by atoms with Crippen molar-refractivity contribution < 1.29 is 9.64 Å². The van der Waals surface area contributed by atoms with Gasteiger partial charge in [0.25, 0.3) is 5.56 Å². The molecule has 1 fully saturated rings. The van der Waals surface area contributed by atoms with Crippen molar-refractivity contribution in [3.05, 3.63) is 45.2 Å². The Balaban J connectivity index is 1.73. The monoisotopic (exact) mass is 403 g/mol. The molecule has 1 aliphatic heterocycles. The summed E-state index contributed by atoms with van der Waals surface area (Å²) in [6.45, 7) is 10.4. The van der Waals surface area contributed by atoms with Crippen molar-refractivity contribution in [2.45, 2.75) is 26.8 Å². The Morgan fingerprint density at radius 1 is 1.29 bits per heavy atom. The van der Waals surface area contributed by atoms with E-state index in [2.05, 4.69) is 28.2 Å². The number of nitrogens with one attached hydrogen (secondary N) is 3. The molecule has 0 unspecified atom stereocenters. The van der Waals surface area contributed by atoms with Gasteiger partial charge < -0.3 is 24.8 Å². The fourth-order valence-electron chi connectivity index (χ4n) is 3.88. The first-order chi connectivity index (χ1) is 13.5. The summed E-state index contributed by atoms with van der Waals surface area (Å²) in [4.78, 5) is 19.4. The lowest BCUT2D eigenvalue weighted by atomic mass is 10.0. The van der Waals surface area contributed by atoms with Gasteiger partial charge in [0.15, 0.2) is 5.11 Å². The molecule has 2 aromatic rings. The Hall–Kier alpha value is -1.96. The van der Waals surface area contributed by atoms with Gasteiger partial charge in [0, 0.05) is 36.5 Å². The van der Waals surface area contributed by atoms with Crippen molar-refractivity contribution in [3.63, 3.8) is 0 Å². The Bertz CT molecular complexity index is 890. The summed E-state index contributed by atoms with van der Waals surface area (Å²) >= 11 is 5.50. The van der Waals surface area contributed by atoms with Crippen LogP contribution in [-0.4, -0.2) is 61.4 Å². The summed E-state index contributed by atoms with van der Waals surface area (Å²) in [5, 5.41) is 4.84. The normalized spacial score (nSPS) is 15.0. The second kappa shape index (κ2) is 9.49. The maximum Gasteiger partial charge on any atom is 0.253 e. The van der Waals surface area contributed by atoms with Crippen LogP contribution in [0.5, 0.6) is 0 Å². The smallest absolute Gasteiger partial charge is 0.253 e. The van der Waals surface area contributed by atoms with Crippen LogP contribution in [0.3, 0.4) is 0 Å². The van der Waals surface area contributed by atoms with Gasteiger partial charge in [-0.2, -0.15) is 0 Å². The average Bonchev–Trinajstić information content (AvgIpc) is 2.68. The van der Waals surface area contributed by atoms with Crippen LogP contribution >= 0.6 is 12.2 Å². The van der Waals surface area contributed by atoms with Crippen molar-refractivity contribution in [1.82, 2.24) is 15.2 Å². The van der Waals surface area contributed by atoms with Crippen molar-refractivity contribution in [1.29, 1.82) is 0 Å². The minimum Gasteiger partial charge on any atom is -0.370 e. The van der Waals surface area contributed by atoms with Crippen LogP contribution in [0.25, 0.3) is 10.9 Å². The first-order valence-corrected chi connectivity index (χ1v) is 10.4. The fraction of sp³-hybridized carbons (Fsp3) is 0.524. The van der Waals surface area contributed by atoms with E-state index in [1.807, 2.05) is 26.1 Å². The lowest BCUT2D eigenvalue weighted by molar-refractivity contribution is -0.908. The van der Waals surface area contributed by atoms with Crippen LogP contribution in [0.4, 0.5) is 0 Å². The van der Waals surface area contributed by atoms with Gasteiger partial charge in [-0.1, -0.05) is 6.07 Å². The van der Waals surface area contributed by atoms with Crippen molar-refractivity contribution in [2.75, 3.05) is 46.4 Å². The Morgan fingerprint density at radius 3 is 2.75 bits per heavy atom. The predicted octanol–water partition coefficient (Wildman–Crippen LogP) is 0.756. The number of nitrogens with zero attached hydrogens (tertiary/aromatic N) is 1. The largest absolute Gasteiger partial charge is 0.370 e. The van der Waals surface area contributed by atoms with E-state index < -0.39 is 0 Å². The molecule has 0 aliphatic carbocycles. The topological polar surface area (TPSA) is 61.8 Å². The molecule has 1 aromatic heterocycles. The number of quaternary nitrogens is 1. The number of hydrogen-bond acceptors (Lipinski definition) is 3. The van der Waals surface area contributed by atoms with E-state index in [1.165, 1.54) is 5.56 Å². The fourth-order valence-corrected chi connectivity index (χ4v) is 4.04. The maximum atomic E-state index is 12.7. The zero-order valence-electron chi connectivity index (χ0n) is 17.1. The van der Waals surface area contributed by atoms with Gasteiger partial charge in [0.1, 0.15) is 13.1 Å². The predicted molar refractivity (Wildman–Crippen MR) is 117 cm³/mol. The SMILES string of the molecule is CNC(=S)N(CCC[NH+]1CCOCC1)Cc1cc2c(C)cc(C)cc2[nH]c1=O. The molecule has 0 saturated carbocycles. The molecular weight excluding hydrogens is 372 g/mol. The number of morpholine rings is 1. The highest BCUT2D eigenvalue weighted by Crippen LogP contribution is 2.19. The van der Waals surface area contributed by atoms with Crippen LogP contribution < -0.4 is 15.8 Å². The molecule has 0 atom stereocenters. The average molecular weight is 404 g/mol. The molecular formula is C21H31N4O2S+. The quantitative estimate of drug-likeness (QED) is 0.622. The second-order valence-corrected chi connectivity index (χ2v) is 8.00. The third kappa shape index (κ3) is 5.10. The molecule has 0 bridgehead atoms. The number of hydrogen-bond donors (Lipinski definition) is 3. The van der Waals surface area contributed by atoms with Crippen LogP contribution in [0.1, 0.15) is 23.1 Å². The number of thiocarbonyl (C=S) groups is 1. The molecule has 1 saturated heterocycles. The zero-order chi connectivity index (χ0) is 20.1. The van der Waals surface area contributed by atoms with Gasteiger partial charge in [-0.05, 0) is 49.3 Å². The van der Waals surface area contributed by atoms with Crippen LogP contribution in [0, 0.1) is 13.8 Å². The molecule has 3 rings (SSSR count). The molecule has 3 N–H and O–H groups in total. The number of aromatic amines is 1. The van der Waals surface area contributed by atoms with Crippen LogP contribution in [0.2, 0.25) is 0 Å². The van der Waals surface area contributed by atoms with Crippen molar-refractivity contribution >= 4 is 28.2 Å². The minimum atomic E-state index is -0.0415. The highest BCUT2D eigenvalue weighted by atomic mass is 32.1.